The molecule has 0 aromatic heterocycles. The van der Waals surface area contributed by atoms with Gasteiger partial charge in [0.15, 0.2) is 5.78 Å². The van der Waals surface area contributed by atoms with Crippen LogP contribution in [0.3, 0.4) is 0 Å². The topological polar surface area (TPSA) is 127 Å². The van der Waals surface area contributed by atoms with Crippen LogP contribution in [0.4, 0.5) is 0 Å². The molecule has 7 nitrogen and oxygen atoms in total. The molecule has 5 N–H and O–H groups in total. The van der Waals surface area contributed by atoms with Gasteiger partial charge in [0.25, 0.3) is 0 Å². The predicted octanol–water partition coefficient (Wildman–Crippen LogP) is 3.08. The van der Waals surface area contributed by atoms with Crippen LogP contribution in [-0.2, 0) is 9.59 Å². The summed E-state index contributed by atoms with van der Waals surface area (Å²) in [6.45, 7) is 5.96. The van der Waals surface area contributed by atoms with Crippen LogP contribution in [0.5, 0.6) is 0 Å². The predicted molar refractivity (Wildman–Crippen MR) is 138 cm³/mol. The summed E-state index contributed by atoms with van der Waals surface area (Å²) in [5.41, 5.74) is 1.59. The van der Waals surface area contributed by atoms with Crippen molar-refractivity contribution in [1.29, 1.82) is 0 Å². The SMILES string of the molecule is CC1=C\C=C\C=C\C(C)CNC(=O)/C=C(O)/C=C/C(C)=C/C=C/C(O)C(O)C(O)C(=O)/C=C/C=C\1. The molecule has 0 aromatic rings. The van der Waals surface area contributed by atoms with E-state index in [1.54, 1.807) is 31.2 Å². The van der Waals surface area contributed by atoms with E-state index >= 15 is 0 Å². The van der Waals surface area contributed by atoms with Crippen molar-refractivity contribution in [2.24, 2.45) is 5.92 Å². The van der Waals surface area contributed by atoms with Gasteiger partial charge in [-0.15, -0.1) is 0 Å². The third-order valence-corrected chi connectivity index (χ3v) is 4.78. The fourth-order valence-corrected chi connectivity index (χ4v) is 2.66. The molecule has 0 spiro atoms. The third-order valence-electron chi connectivity index (χ3n) is 4.78. The second-order valence-electron chi connectivity index (χ2n) is 8.15. The van der Waals surface area contributed by atoms with E-state index in [9.17, 15) is 30.0 Å². The summed E-state index contributed by atoms with van der Waals surface area (Å²) < 4.78 is 0. The molecule has 0 saturated carbocycles. The Morgan fingerprint density at radius 2 is 1.46 bits per heavy atom. The number of hydrogen-bond acceptors (Lipinski definition) is 6. The van der Waals surface area contributed by atoms with Gasteiger partial charge in [-0.1, -0.05) is 91.0 Å². The highest BCUT2D eigenvalue weighted by Crippen LogP contribution is 2.06. The minimum atomic E-state index is -1.79. The molecule has 4 atom stereocenters. The monoisotopic (exact) mass is 481 g/mol. The van der Waals surface area contributed by atoms with Crippen molar-refractivity contribution in [3.63, 3.8) is 0 Å². The molecule has 1 aliphatic rings. The lowest BCUT2D eigenvalue weighted by atomic mass is 10.0. The summed E-state index contributed by atoms with van der Waals surface area (Å²) in [4.78, 5) is 24.0. The Kier molecular flexibility index (Phi) is 13.6. The number of allylic oxidation sites excluding steroid dienone is 13. The van der Waals surface area contributed by atoms with Gasteiger partial charge in [0.2, 0.25) is 5.91 Å². The Balaban J connectivity index is 3.09. The molecule has 1 aliphatic heterocycles. The average molecular weight is 482 g/mol. The Labute approximate surface area is 206 Å². The van der Waals surface area contributed by atoms with E-state index in [2.05, 4.69) is 5.32 Å². The van der Waals surface area contributed by atoms with Crippen LogP contribution < -0.4 is 5.32 Å². The van der Waals surface area contributed by atoms with Gasteiger partial charge in [-0.05, 0) is 31.9 Å². The molecule has 35 heavy (non-hydrogen) atoms. The number of amides is 1. The second kappa shape index (κ2) is 16.2. The second-order valence-corrected chi connectivity index (χ2v) is 8.15. The smallest absolute Gasteiger partial charge is 0.247 e. The van der Waals surface area contributed by atoms with Crippen molar-refractivity contribution < 1.29 is 30.0 Å². The largest absolute Gasteiger partial charge is 0.508 e. The van der Waals surface area contributed by atoms with Crippen LogP contribution in [0.25, 0.3) is 0 Å². The van der Waals surface area contributed by atoms with Crippen molar-refractivity contribution >= 4 is 11.7 Å². The number of aliphatic hydroxyl groups is 4. The first-order chi connectivity index (χ1) is 16.6. The van der Waals surface area contributed by atoms with Gasteiger partial charge in [-0.3, -0.25) is 9.59 Å². The van der Waals surface area contributed by atoms with E-state index in [1.807, 2.05) is 44.2 Å². The van der Waals surface area contributed by atoms with Crippen molar-refractivity contribution in [2.75, 3.05) is 6.54 Å². The molecule has 1 amide bonds. The third kappa shape index (κ3) is 13.1. The molecule has 1 rings (SSSR count). The molecular weight excluding hydrogens is 446 g/mol. The summed E-state index contributed by atoms with van der Waals surface area (Å²) in [6, 6.07) is 0. The van der Waals surface area contributed by atoms with E-state index < -0.39 is 30.0 Å². The van der Waals surface area contributed by atoms with Crippen molar-refractivity contribution in [3.05, 3.63) is 108 Å². The first-order valence-electron chi connectivity index (χ1n) is 11.3. The van der Waals surface area contributed by atoms with Crippen molar-refractivity contribution in [2.45, 2.75) is 39.1 Å². The summed E-state index contributed by atoms with van der Waals surface area (Å²) in [7, 11) is 0. The number of aliphatic hydroxyl groups excluding tert-OH is 4. The minimum Gasteiger partial charge on any atom is -0.508 e. The molecule has 0 bridgehead atoms. The van der Waals surface area contributed by atoms with E-state index in [0.717, 1.165) is 17.7 Å². The number of carbonyl (C=O) groups is 2. The minimum absolute atomic E-state index is 0.0853. The van der Waals surface area contributed by atoms with Gasteiger partial charge in [0.1, 0.15) is 24.1 Å². The zero-order chi connectivity index (χ0) is 26.2. The average Bonchev–Trinajstić information content (AvgIpc) is 2.82. The van der Waals surface area contributed by atoms with E-state index in [4.69, 9.17) is 0 Å². The molecule has 0 aliphatic carbocycles. The molecular formula is C28H35NO6. The Bertz CT molecular complexity index is 991. The quantitative estimate of drug-likeness (QED) is 0.362. The number of nitrogens with one attached hydrogen (secondary N) is 1. The lowest BCUT2D eigenvalue weighted by Gasteiger charge is -2.18. The van der Waals surface area contributed by atoms with Crippen LogP contribution in [0, 0.1) is 5.92 Å². The van der Waals surface area contributed by atoms with E-state index in [-0.39, 0.29) is 11.7 Å². The van der Waals surface area contributed by atoms with Gasteiger partial charge in [-0.25, -0.2) is 0 Å². The van der Waals surface area contributed by atoms with Crippen molar-refractivity contribution in [3.8, 4) is 0 Å². The van der Waals surface area contributed by atoms with Gasteiger partial charge >= 0.3 is 0 Å². The molecule has 0 fully saturated rings. The van der Waals surface area contributed by atoms with E-state index in [0.29, 0.717) is 12.1 Å². The number of ketones is 1. The summed E-state index contributed by atoms with van der Waals surface area (Å²) in [5, 5.41) is 42.8. The Morgan fingerprint density at radius 1 is 0.800 bits per heavy atom. The summed E-state index contributed by atoms with van der Waals surface area (Å²) in [5.74, 6) is -1.30. The zero-order valence-electron chi connectivity index (χ0n) is 20.3. The Hall–Kier alpha value is -3.52. The van der Waals surface area contributed by atoms with Crippen LogP contribution >= 0.6 is 0 Å². The van der Waals surface area contributed by atoms with Crippen LogP contribution in [0.2, 0.25) is 0 Å². The highest BCUT2D eigenvalue weighted by Gasteiger charge is 2.27. The molecule has 7 heteroatoms. The standard InChI is InChI=1S/C28H35NO6/c1-20-10-5-4-6-12-22(3)19-29-26(33)18-23(30)17-16-21(2)13-9-15-25(32)28(35)27(34)24(31)14-8-7-11-20/h4-18,22,25,27-28,30,32,34-35H,19H2,1-3H3,(H,29,33)/b5-4+,11-7-,12-6+,14-8+,15-9+,17-16+,20-10+,21-13+,23-18-. The number of carbonyl (C=O) groups excluding carboxylic acids is 2. The highest BCUT2D eigenvalue weighted by atomic mass is 16.4. The fourth-order valence-electron chi connectivity index (χ4n) is 2.66. The molecule has 1 heterocycles. The molecule has 4 unspecified atom stereocenters. The van der Waals surface area contributed by atoms with E-state index in [1.165, 1.54) is 24.3 Å². The number of rotatable bonds is 0. The van der Waals surface area contributed by atoms with Gasteiger partial charge < -0.3 is 25.7 Å². The first-order valence-corrected chi connectivity index (χ1v) is 11.3. The lowest BCUT2D eigenvalue weighted by Crippen LogP contribution is -2.40. The maximum absolute atomic E-state index is 12.1. The molecule has 0 saturated heterocycles. The molecule has 188 valence electrons. The molecule has 0 radical (unpaired) electrons. The van der Waals surface area contributed by atoms with Gasteiger partial charge in [-0.2, -0.15) is 0 Å². The maximum Gasteiger partial charge on any atom is 0.247 e. The maximum atomic E-state index is 12.1. The van der Waals surface area contributed by atoms with Gasteiger partial charge in [0, 0.05) is 12.6 Å². The normalized spacial score (nSPS) is 36.1. The van der Waals surface area contributed by atoms with Crippen molar-refractivity contribution in [1.82, 2.24) is 5.32 Å². The van der Waals surface area contributed by atoms with Crippen LogP contribution in [0.15, 0.2) is 108 Å². The zero-order valence-corrected chi connectivity index (χ0v) is 20.3. The highest BCUT2D eigenvalue weighted by molar-refractivity contribution is 5.94. The van der Waals surface area contributed by atoms with Crippen LogP contribution in [-0.4, -0.2) is 57.0 Å². The fraction of sp³-hybridized carbons (Fsp3) is 0.286. The summed E-state index contributed by atoms with van der Waals surface area (Å²) in [6.07, 6.45) is 18.6. The first kappa shape index (κ1) is 29.5. The summed E-state index contributed by atoms with van der Waals surface area (Å²) >= 11 is 0. The molecule has 0 aromatic carbocycles. The Morgan fingerprint density at radius 3 is 2.20 bits per heavy atom. The number of hydrogen-bond donors (Lipinski definition) is 5. The lowest BCUT2D eigenvalue weighted by molar-refractivity contribution is -0.131. The van der Waals surface area contributed by atoms with Crippen LogP contribution in [0.1, 0.15) is 20.8 Å². The van der Waals surface area contributed by atoms with Gasteiger partial charge in [0.05, 0.1) is 0 Å².